The number of nitrogens with zero attached hydrogens (tertiary/aromatic N) is 2. The lowest BCUT2D eigenvalue weighted by atomic mass is 10.1. The second kappa shape index (κ2) is 6.21. The Morgan fingerprint density at radius 3 is 2.65 bits per heavy atom. The molecule has 1 heterocycles. The molecule has 0 saturated carbocycles. The Bertz CT molecular complexity index is 581. The predicted molar refractivity (Wildman–Crippen MR) is 76.5 cm³/mol. The van der Waals surface area contributed by atoms with Crippen molar-refractivity contribution < 1.29 is 9.34 Å². The minimum absolute atomic E-state index is 0.0988. The van der Waals surface area contributed by atoms with E-state index in [0.717, 1.165) is 17.7 Å². The summed E-state index contributed by atoms with van der Waals surface area (Å²) in [6, 6.07) is 7.14. The number of rotatable bonds is 6. The van der Waals surface area contributed by atoms with Gasteiger partial charge in [-0.3, -0.25) is 15.0 Å². The lowest BCUT2D eigenvalue weighted by molar-refractivity contribution is -0.384. The van der Waals surface area contributed by atoms with Gasteiger partial charge < -0.3 is 9.73 Å². The number of hydrogen-bond donors (Lipinski definition) is 1. The Balaban J connectivity index is 2.09. The van der Waals surface area contributed by atoms with Gasteiger partial charge in [-0.05, 0) is 24.7 Å². The van der Waals surface area contributed by atoms with Gasteiger partial charge in [0.1, 0.15) is 5.69 Å². The molecule has 6 nitrogen and oxygen atoms in total. The van der Waals surface area contributed by atoms with E-state index in [0.29, 0.717) is 12.2 Å². The van der Waals surface area contributed by atoms with Crippen LogP contribution in [-0.2, 0) is 13.1 Å². The molecule has 2 aromatic rings. The number of benzene rings is 1. The van der Waals surface area contributed by atoms with Gasteiger partial charge in [-0.25, -0.2) is 0 Å². The second-order valence-electron chi connectivity index (χ2n) is 4.66. The van der Waals surface area contributed by atoms with Crippen LogP contribution in [0.1, 0.15) is 11.1 Å². The van der Waals surface area contributed by atoms with Crippen LogP contribution in [0.2, 0.25) is 0 Å². The molecule has 0 amide bonds. The van der Waals surface area contributed by atoms with Crippen LogP contribution in [-0.4, -0.2) is 23.9 Å². The zero-order valence-corrected chi connectivity index (χ0v) is 11.5. The van der Waals surface area contributed by atoms with Crippen LogP contribution in [0.15, 0.2) is 41.2 Å². The molecule has 1 N–H and O–H groups in total. The molecule has 0 radical (unpaired) electrons. The third-order valence-corrected chi connectivity index (χ3v) is 3.01. The third-order valence-electron chi connectivity index (χ3n) is 3.01. The van der Waals surface area contributed by atoms with E-state index in [9.17, 15) is 10.1 Å². The summed E-state index contributed by atoms with van der Waals surface area (Å²) < 4.78 is 5.02. The topological polar surface area (TPSA) is 71.5 Å². The first kappa shape index (κ1) is 14.1. The molecule has 6 heteroatoms. The second-order valence-corrected chi connectivity index (χ2v) is 4.66. The lowest BCUT2D eigenvalue weighted by Gasteiger charge is -2.16. The highest BCUT2D eigenvalue weighted by Gasteiger charge is 2.14. The van der Waals surface area contributed by atoms with Crippen molar-refractivity contribution in [1.82, 2.24) is 4.90 Å². The highest BCUT2D eigenvalue weighted by atomic mass is 16.6. The van der Waals surface area contributed by atoms with Crippen LogP contribution in [0.4, 0.5) is 11.4 Å². The number of hydrogen-bond acceptors (Lipinski definition) is 5. The summed E-state index contributed by atoms with van der Waals surface area (Å²) in [6.45, 7) is 1.37. The number of nitrogens with one attached hydrogen (secondary N) is 1. The van der Waals surface area contributed by atoms with Gasteiger partial charge in [-0.1, -0.05) is 6.07 Å². The summed E-state index contributed by atoms with van der Waals surface area (Å²) in [5, 5.41) is 13.8. The van der Waals surface area contributed by atoms with E-state index in [1.807, 2.05) is 19.2 Å². The van der Waals surface area contributed by atoms with Gasteiger partial charge in [0.2, 0.25) is 0 Å². The molecule has 0 atom stereocenters. The first-order chi connectivity index (χ1) is 9.60. The highest BCUT2D eigenvalue weighted by Crippen LogP contribution is 2.25. The fourth-order valence-corrected chi connectivity index (χ4v) is 2.10. The fourth-order valence-electron chi connectivity index (χ4n) is 2.10. The van der Waals surface area contributed by atoms with E-state index in [-0.39, 0.29) is 10.6 Å². The smallest absolute Gasteiger partial charge is 0.292 e. The van der Waals surface area contributed by atoms with Crippen molar-refractivity contribution in [2.45, 2.75) is 13.1 Å². The summed E-state index contributed by atoms with van der Waals surface area (Å²) in [6.07, 6.45) is 3.33. The summed E-state index contributed by atoms with van der Waals surface area (Å²) in [5.41, 5.74) is 2.61. The van der Waals surface area contributed by atoms with Crippen LogP contribution >= 0.6 is 0 Å². The average Bonchev–Trinajstić information content (AvgIpc) is 2.91. The highest BCUT2D eigenvalue weighted by molar-refractivity contribution is 5.62. The molecule has 0 bridgehead atoms. The number of anilines is 1. The first-order valence-corrected chi connectivity index (χ1v) is 6.25. The minimum Gasteiger partial charge on any atom is -0.472 e. The summed E-state index contributed by atoms with van der Waals surface area (Å²) >= 11 is 0. The van der Waals surface area contributed by atoms with Crippen molar-refractivity contribution in [3.63, 3.8) is 0 Å². The number of nitro benzene ring substituents is 1. The fraction of sp³-hybridized carbons (Fsp3) is 0.286. The Morgan fingerprint density at radius 1 is 1.30 bits per heavy atom. The van der Waals surface area contributed by atoms with Crippen molar-refractivity contribution in [3.05, 3.63) is 58.0 Å². The van der Waals surface area contributed by atoms with E-state index >= 15 is 0 Å². The molecule has 0 unspecified atom stereocenters. The molecule has 0 aliphatic carbocycles. The van der Waals surface area contributed by atoms with Crippen molar-refractivity contribution in [2.24, 2.45) is 0 Å². The predicted octanol–water partition coefficient (Wildman–Crippen LogP) is 2.86. The molecule has 0 aliphatic rings. The van der Waals surface area contributed by atoms with Crippen LogP contribution in [0.5, 0.6) is 0 Å². The van der Waals surface area contributed by atoms with E-state index in [4.69, 9.17) is 4.42 Å². The van der Waals surface area contributed by atoms with Crippen molar-refractivity contribution >= 4 is 11.4 Å². The van der Waals surface area contributed by atoms with Gasteiger partial charge >= 0.3 is 0 Å². The van der Waals surface area contributed by atoms with Crippen LogP contribution in [0.25, 0.3) is 0 Å². The zero-order chi connectivity index (χ0) is 14.5. The van der Waals surface area contributed by atoms with Crippen LogP contribution in [0, 0.1) is 10.1 Å². The average molecular weight is 275 g/mol. The van der Waals surface area contributed by atoms with Crippen LogP contribution in [0.3, 0.4) is 0 Å². The van der Waals surface area contributed by atoms with Crippen molar-refractivity contribution in [1.29, 1.82) is 0 Å². The maximum atomic E-state index is 11.0. The quantitative estimate of drug-likeness (QED) is 0.648. The van der Waals surface area contributed by atoms with E-state index in [2.05, 4.69) is 10.2 Å². The molecule has 1 aromatic carbocycles. The number of furan rings is 1. The molecule has 2 rings (SSSR count). The molecule has 0 spiro atoms. The minimum atomic E-state index is -0.370. The third kappa shape index (κ3) is 3.36. The number of nitro groups is 1. The molecule has 1 aromatic heterocycles. The molecule has 0 saturated heterocycles. The SMILES string of the molecule is CNc1ccc(CN(C)Cc2ccoc2)cc1[N+](=O)[O-]. The van der Waals surface area contributed by atoms with E-state index in [1.165, 1.54) is 0 Å². The molecule has 20 heavy (non-hydrogen) atoms. The Hall–Kier alpha value is -2.34. The molecular formula is C14H17N3O3. The van der Waals surface area contributed by atoms with Gasteiger partial charge in [0, 0.05) is 31.8 Å². The lowest BCUT2D eigenvalue weighted by Crippen LogP contribution is -2.17. The summed E-state index contributed by atoms with van der Waals surface area (Å²) in [7, 11) is 3.64. The van der Waals surface area contributed by atoms with Crippen molar-refractivity contribution in [2.75, 3.05) is 19.4 Å². The summed E-state index contributed by atoms with van der Waals surface area (Å²) in [4.78, 5) is 12.7. The summed E-state index contributed by atoms with van der Waals surface area (Å²) in [5.74, 6) is 0. The Kier molecular flexibility index (Phi) is 4.37. The standard InChI is InChI=1S/C14H17N3O3/c1-15-13-4-3-11(7-14(13)17(18)19)8-16(2)9-12-5-6-20-10-12/h3-7,10,15H,8-9H2,1-2H3. The van der Waals surface area contributed by atoms with Gasteiger partial charge in [0.05, 0.1) is 17.4 Å². The maximum absolute atomic E-state index is 11.0. The van der Waals surface area contributed by atoms with E-state index < -0.39 is 0 Å². The molecule has 0 aliphatic heterocycles. The van der Waals surface area contributed by atoms with Crippen molar-refractivity contribution in [3.8, 4) is 0 Å². The normalized spacial score (nSPS) is 10.8. The molecule has 106 valence electrons. The van der Waals surface area contributed by atoms with Gasteiger partial charge in [0.15, 0.2) is 0 Å². The largest absolute Gasteiger partial charge is 0.472 e. The Morgan fingerprint density at radius 2 is 2.05 bits per heavy atom. The van der Waals surface area contributed by atoms with Gasteiger partial charge in [0.25, 0.3) is 5.69 Å². The first-order valence-electron chi connectivity index (χ1n) is 6.25. The molecular weight excluding hydrogens is 258 g/mol. The van der Waals surface area contributed by atoms with Gasteiger partial charge in [-0.2, -0.15) is 0 Å². The molecule has 0 fully saturated rings. The van der Waals surface area contributed by atoms with E-state index in [1.54, 1.807) is 31.7 Å². The maximum Gasteiger partial charge on any atom is 0.292 e. The monoisotopic (exact) mass is 275 g/mol. The zero-order valence-electron chi connectivity index (χ0n) is 11.5. The van der Waals surface area contributed by atoms with Gasteiger partial charge in [-0.15, -0.1) is 0 Å². The van der Waals surface area contributed by atoms with Crippen LogP contribution < -0.4 is 5.32 Å². The Labute approximate surface area is 117 Å².